The molecule has 0 saturated heterocycles. The third-order valence-electron chi connectivity index (χ3n) is 4.15. The third kappa shape index (κ3) is 2.22. The number of nitrogens with two attached hydrogens (primary N) is 1. The maximum atomic E-state index is 6.35. The molecule has 0 radical (unpaired) electrons. The first-order valence-electron chi connectivity index (χ1n) is 7.24. The lowest BCUT2D eigenvalue weighted by molar-refractivity contribution is 0.395. The van der Waals surface area contributed by atoms with Crippen molar-refractivity contribution in [2.75, 3.05) is 20.0 Å². The smallest absolute Gasteiger partial charge is 0.132 e. The zero-order valence-electron chi connectivity index (χ0n) is 12.7. The second-order valence-corrected chi connectivity index (χ2v) is 5.44. The topological polar surface area (TPSA) is 62.3 Å². The Kier molecular flexibility index (Phi) is 3.49. The standard InChI is InChI=1S/C16H21N3O2/c1-10-5-4-6-14-18-15(16(17)19(10)14)12-8-7-11(20-2)9-13(12)21-3/h7-10H,4-6,17H2,1-3H3. The molecule has 0 amide bonds. The Hall–Kier alpha value is -2.17. The Labute approximate surface area is 124 Å². The zero-order valence-corrected chi connectivity index (χ0v) is 12.7. The van der Waals surface area contributed by atoms with Crippen LogP contribution >= 0.6 is 0 Å². The molecule has 1 atom stereocenters. The van der Waals surface area contributed by atoms with Crippen LogP contribution in [0.5, 0.6) is 11.5 Å². The van der Waals surface area contributed by atoms with Crippen LogP contribution in [0, 0.1) is 0 Å². The predicted octanol–water partition coefficient (Wildman–Crippen LogP) is 3.05. The molecule has 1 unspecified atom stereocenters. The Balaban J connectivity index is 2.13. The van der Waals surface area contributed by atoms with E-state index in [1.54, 1.807) is 14.2 Å². The lowest BCUT2D eigenvalue weighted by Crippen LogP contribution is -2.16. The number of imidazole rings is 1. The maximum Gasteiger partial charge on any atom is 0.132 e. The van der Waals surface area contributed by atoms with Crippen LogP contribution in [0.15, 0.2) is 18.2 Å². The molecule has 1 aromatic heterocycles. The third-order valence-corrected chi connectivity index (χ3v) is 4.15. The molecule has 2 heterocycles. The van der Waals surface area contributed by atoms with Crippen LogP contribution in [0.3, 0.4) is 0 Å². The van der Waals surface area contributed by atoms with Crippen molar-refractivity contribution in [1.82, 2.24) is 9.55 Å². The van der Waals surface area contributed by atoms with E-state index < -0.39 is 0 Å². The minimum atomic E-state index is 0.402. The quantitative estimate of drug-likeness (QED) is 0.942. The summed E-state index contributed by atoms with van der Waals surface area (Å²) in [6.07, 6.45) is 3.29. The van der Waals surface area contributed by atoms with Gasteiger partial charge in [-0.15, -0.1) is 0 Å². The van der Waals surface area contributed by atoms with Crippen molar-refractivity contribution in [3.63, 3.8) is 0 Å². The molecule has 5 nitrogen and oxygen atoms in total. The van der Waals surface area contributed by atoms with E-state index in [4.69, 9.17) is 20.2 Å². The van der Waals surface area contributed by atoms with Gasteiger partial charge in [0.05, 0.1) is 14.2 Å². The van der Waals surface area contributed by atoms with Crippen LogP contribution < -0.4 is 15.2 Å². The van der Waals surface area contributed by atoms with Crippen molar-refractivity contribution >= 4 is 5.82 Å². The summed E-state index contributed by atoms with van der Waals surface area (Å²) in [4.78, 5) is 4.75. The number of hydrogen-bond donors (Lipinski definition) is 1. The fourth-order valence-electron chi connectivity index (χ4n) is 3.04. The number of nitrogens with zero attached hydrogens (tertiary/aromatic N) is 2. The lowest BCUT2D eigenvalue weighted by atomic mass is 10.1. The second kappa shape index (κ2) is 5.31. The number of rotatable bonds is 3. The van der Waals surface area contributed by atoms with Crippen LogP contribution in [-0.4, -0.2) is 23.8 Å². The zero-order chi connectivity index (χ0) is 15.0. The van der Waals surface area contributed by atoms with Gasteiger partial charge in [-0.1, -0.05) is 0 Å². The van der Waals surface area contributed by atoms with Gasteiger partial charge < -0.3 is 19.8 Å². The van der Waals surface area contributed by atoms with Crippen molar-refractivity contribution in [1.29, 1.82) is 0 Å². The van der Waals surface area contributed by atoms with Crippen LogP contribution in [0.2, 0.25) is 0 Å². The van der Waals surface area contributed by atoms with E-state index in [2.05, 4.69) is 11.5 Å². The average Bonchev–Trinajstić information content (AvgIpc) is 2.84. The first-order valence-corrected chi connectivity index (χ1v) is 7.24. The number of fused-ring (bicyclic) bond motifs is 1. The number of aryl methyl sites for hydroxylation is 1. The maximum absolute atomic E-state index is 6.35. The van der Waals surface area contributed by atoms with Crippen molar-refractivity contribution in [2.45, 2.75) is 32.2 Å². The van der Waals surface area contributed by atoms with Crippen LogP contribution in [0.25, 0.3) is 11.3 Å². The monoisotopic (exact) mass is 287 g/mol. The van der Waals surface area contributed by atoms with Gasteiger partial charge in [-0.3, -0.25) is 0 Å². The minimum absolute atomic E-state index is 0.402. The highest BCUT2D eigenvalue weighted by atomic mass is 16.5. The van der Waals surface area contributed by atoms with E-state index in [-0.39, 0.29) is 0 Å². The number of anilines is 1. The summed E-state index contributed by atoms with van der Waals surface area (Å²) in [6.45, 7) is 2.19. The van der Waals surface area contributed by atoms with Gasteiger partial charge in [-0.05, 0) is 31.9 Å². The molecule has 2 N–H and O–H groups in total. The van der Waals surface area contributed by atoms with Gasteiger partial charge in [-0.25, -0.2) is 4.98 Å². The van der Waals surface area contributed by atoms with E-state index in [1.807, 2.05) is 18.2 Å². The van der Waals surface area contributed by atoms with Crippen molar-refractivity contribution in [3.05, 3.63) is 24.0 Å². The summed E-state index contributed by atoms with van der Waals surface area (Å²) >= 11 is 0. The summed E-state index contributed by atoms with van der Waals surface area (Å²) in [5.74, 6) is 3.27. The highest BCUT2D eigenvalue weighted by Crippen LogP contribution is 2.39. The molecular formula is C16H21N3O2. The van der Waals surface area contributed by atoms with Crippen molar-refractivity contribution in [3.8, 4) is 22.8 Å². The molecule has 21 heavy (non-hydrogen) atoms. The van der Waals surface area contributed by atoms with E-state index >= 15 is 0 Å². The van der Waals surface area contributed by atoms with E-state index in [0.29, 0.717) is 6.04 Å². The first kappa shape index (κ1) is 13.8. The van der Waals surface area contributed by atoms with Gasteiger partial charge in [0.2, 0.25) is 0 Å². The van der Waals surface area contributed by atoms with Gasteiger partial charge in [0.1, 0.15) is 28.8 Å². The van der Waals surface area contributed by atoms with E-state index in [0.717, 1.165) is 53.7 Å². The molecular weight excluding hydrogens is 266 g/mol. The van der Waals surface area contributed by atoms with Crippen LogP contribution in [0.1, 0.15) is 31.6 Å². The van der Waals surface area contributed by atoms with Gasteiger partial charge >= 0.3 is 0 Å². The van der Waals surface area contributed by atoms with Crippen LogP contribution in [-0.2, 0) is 6.42 Å². The minimum Gasteiger partial charge on any atom is -0.497 e. The second-order valence-electron chi connectivity index (χ2n) is 5.44. The normalized spacial score (nSPS) is 17.4. The van der Waals surface area contributed by atoms with Crippen molar-refractivity contribution in [2.24, 2.45) is 0 Å². The summed E-state index contributed by atoms with van der Waals surface area (Å²) in [7, 11) is 3.28. The van der Waals surface area contributed by atoms with Gasteiger partial charge in [0.25, 0.3) is 0 Å². The van der Waals surface area contributed by atoms with E-state index in [1.165, 1.54) is 0 Å². The molecule has 0 fully saturated rings. The summed E-state index contributed by atoms with van der Waals surface area (Å²) in [6, 6.07) is 6.11. The summed E-state index contributed by atoms with van der Waals surface area (Å²) < 4.78 is 12.9. The Morgan fingerprint density at radius 3 is 2.76 bits per heavy atom. The predicted molar refractivity (Wildman–Crippen MR) is 82.8 cm³/mol. The van der Waals surface area contributed by atoms with Gasteiger partial charge in [-0.2, -0.15) is 0 Å². The Morgan fingerprint density at radius 2 is 2.10 bits per heavy atom. The fourth-order valence-corrected chi connectivity index (χ4v) is 3.04. The number of benzene rings is 1. The highest BCUT2D eigenvalue weighted by Gasteiger charge is 2.24. The number of ether oxygens (including phenoxy) is 2. The lowest BCUT2D eigenvalue weighted by Gasteiger charge is -2.22. The molecule has 5 heteroatoms. The molecule has 0 saturated carbocycles. The van der Waals surface area contributed by atoms with E-state index in [9.17, 15) is 0 Å². The van der Waals surface area contributed by atoms with Gasteiger partial charge in [0, 0.05) is 24.1 Å². The number of methoxy groups -OCH3 is 2. The summed E-state index contributed by atoms with van der Waals surface area (Å²) in [5, 5.41) is 0. The largest absolute Gasteiger partial charge is 0.497 e. The molecule has 0 spiro atoms. The molecule has 3 rings (SSSR count). The molecule has 0 bridgehead atoms. The Morgan fingerprint density at radius 1 is 1.29 bits per heavy atom. The SMILES string of the molecule is COc1ccc(-c2nc3n(c2N)C(C)CCC3)c(OC)c1. The average molecular weight is 287 g/mol. The molecule has 1 aromatic carbocycles. The Bertz CT molecular complexity index is 664. The van der Waals surface area contributed by atoms with Crippen LogP contribution in [0.4, 0.5) is 5.82 Å². The number of nitrogen functional groups attached to an aromatic ring is 1. The van der Waals surface area contributed by atoms with Gasteiger partial charge in [0.15, 0.2) is 0 Å². The molecule has 112 valence electrons. The molecule has 2 aromatic rings. The number of aromatic nitrogens is 2. The fraction of sp³-hybridized carbons (Fsp3) is 0.438. The molecule has 1 aliphatic rings. The highest BCUT2D eigenvalue weighted by molar-refractivity contribution is 5.77. The summed E-state index contributed by atoms with van der Waals surface area (Å²) in [5.41, 5.74) is 8.07. The molecule has 1 aliphatic heterocycles. The van der Waals surface area contributed by atoms with Crippen molar-refractivity contribution < 1.29 is 9.47 Å². The number of hydrogen-bond acceptors (Lipinski definition) is 4. The first-order chi connectivity index (χ1) is 10.2. The molecule has 0 aliphatic carbocycles.